The molecule has 0 aromatic heterocycles. The van der Waals surface area contributed by atoms with Crippen LogP contribution in [0.25, 0.3) is 0 Å². The Hall–Kier alpha value is -3.43. The lowest BCUT2D eigenvalue weighted by Crippen LogP contribution is -2.56. The molecule has 0 unspecified atom stereocenters. The van der Waals surface area contributed by atoms with E-state index in [0.717, 1.165) is 33.8 Å². The van der Waals surface area contributed by atoms with Crippen LogP contribution in [-0.4, -0.2) is 49.5 Å². The van der Waals surface area contributed by atoms with Crippen molar-refractivity contribution in [1.82, 2.24) is 10.2 Å². The molecule has 0 fully saturated rings. The number of amides is 2. The predicted molar refractivity (Wildman–Crippen MR) is 152 cm³/mol. The second-order valence-electron chi connectivity index (χ2n) is 10.3. The molecule has 0 aliphatic carbocycles. The fourth-order valence-electron chi connectivity index (χ4n) is 4.04. The fraction of sp³-hybridized carbons (Fsp3) is 0.310. The van der Waals surface area contributed by atoms with E-state index in [9.17, 15) is 22.4 Å². The first-order valence-corrected chi connectivity index (χ1v) is 14.6. The van der Waals surface area contributed by atoms with E-state index in [1.165, 1.54) is 11.0 Å². The highest BCUT2D eigenvalue weighted by Gasteiger charge is 2.34. The Morgan fingerprint density at radius 1 is 0.949 bits per heavy atom. The van der Waals surface area contributed by atoms with Gasteiger partial charge >= 0.3 is 0 Å². The minimum absolute atomic E-state index is 0.0377. The third kappa shape index (κ3) is 8.80. The van der Waals surface area contributed by atoms with Gasteiger partial charge in [0.1, 0.15) is 18.4 Å². The molecule has 7 nitrogen and oxygen atoms in total. The molecule has 39 heavy (non-hydrogen) atoms. The molecule has 0 saturated heterocycles. The van der Waals surface area contributed by atoms with Crippen molar-refractivity contribution in [3.05, 3.63) is 101 Å². The van der Waals surface area contributed by atoms with Gasteiger partial charge in [-0.25, -0.2) is 12.8 Å². The first-order valence-electron chi connectivity index (χ1n) is 12.4. The van der Waals surface area contributed by atoms with Crippen LogP contribution in [0, 0.1) is 5.82 Å². The lowest BCUT2D eigenvalue weighted by atomic mass is 10.0. The molecular formula is C29H33ClFN3O4S. The maximum Gasteiger partial charge on any atom is 0.244 e. The number of hydrogen-bond acceptors (Lipinski definition) is 4. The Morgan fingerprint density at radius 3 is 2.03 bits per heavy atom. The molecule has 0 aliphatic heterocycles. The maximum atomic E-state index is 14.0. The normalized spacial score (nSPS) is 12.5. The van der Waals surface area contributed by atoms with Gasteiger partial charge in [-0.15, -0.1) is 0 Å². The van der Waals surface area contributed by atoms with Crippen LogP contribution >= 0.6 is 11.6 Å². The molecule has 0 heterocycles. The SMILES string of the molecule is CC(C)(C)NC(=O)[C@H](Cc1ccccc1)N(Cc1ccccc1)C(=O)CN(c1ccc(F)c(Cl)c1)S(C)(=O)=O. The van der Waals surface area contributed by atoms with E-state index in [4.69, 9.17) is 11.6 Å². The Bertz CT molecular complexity index is 1400. The van der Waals surface area contributed by atoms with Crippen LogP contribution in [0.15, 0.2) is 78.9 Å². The third-order valence-electron chi connectivity index (χ3n) is 5.84. The molecule has 10 heteroatoms. The smallest absolute Gasteiger partial charge is 0.244 e. The number of halogens is 2. The molecule has 2 amide bonds. The van der Waals surface area contributed by atoms with Crippen LogP contribution in [0.1, 0.15) is 31.9 Å². The van der Waals surface area contributed by atoms with Gasteiger partial charge in [0.2, 0.25) is 21.8 Å². The molecule has 0 aliphatic rings. The molecule has 0 spiro atoms. The predicted octanol–water partition coefficient (Wildman–Crippen LogP) is 4.80. The van der Waals surface area contributed by atoms with Gasteiger partial charge in [-0.05, 0) is 50.1 Å². The summed E-state index contributed by atoms with van der Waals surface area (Å²) >= 11 is 5.91. The fourth-order valence-corrected chi connectivity index (χ4v) is 5.06. The molecule has 3 aromatic rings. The highest BCUT2D eigenvalue weighted by Crippen LogP contribution is 2.25. The lowest BCUT2D eigenvalue weighted by molar-refractivity contribution is -0.140. The van der Waals surface area contributed by atoms with E-state index in [2.05, 4.69) is 5.32 Å². The standard InChI is InChI=1S/C29H33ClFN3O4S/c1-29(2,3)32-28(36)26(17-21-11-7-5-8-12-21)33(19-22-13-9-6-10-14-22)27(35)20-34(39(4,37)38)23-15-16-25(31)24(30)18-23/h5-16,18,26H,17,19-20H2,1-4H3,(H,32,36)/t26-/m0/s1. The Labute approximate surface area is 234 Å². The number of rotatable bonds is 10. The van der Waals surface area contributed by atoms with Crippen LogP contribution in [0.5, 0.6) is 0 Å². The van der Waals surface area contributed by atoms with Crippen LogP contribution in [-0.2, 0) is 32.6 Å². The zero-order chi connectivity index (χ0) is 28.8. The highest BCUT2D eigenvalue weighted by molar-refractivity contribution is 7.92. The van der Waals surface area contributed by atoms with Crippen molar-refractivity contribution in [3.8, 4) is 0 Å². The first kappa shape index (κ1) is 30.1. The van der Waals surface area contributed by atoms with Crippen LogP contribution in [0.3, 0.4) is 0 Å². The largest absolute Gasteiger partial charge is 0.350 e. The van der Waals surface area contributed by atoms with E-state index in [1.54, 1.807) is 0 Å². The summed E-state index contributed by atoms with van der Waals surface area (Å²) in [6.07, 6.45) is 1.16. The van der Waals surface area contributed by atoms with Crippen molar-refractivity contribution < 1.29 is 22.4 Å². The van der Waals surface area contributed by atoms with Crippen molar-refractivity contribution in [2.75, 3.05) is 17.1 Å². The van der Waals surface area contributed by atoms with Crippen molar-refractivity contribution in [1.29, 1.82) is 0 Å². The molecule has 0 saturated carbocycles. The minimum Gasteiger partial charge on any atom is -0.350 e. The highest BCUT2D eigenvalue weighted by atomic mass is 35.5. The Balaban J connectivity index is 2.06. The average molecular weight is 574 g/mol. The van der Waals surface area contributed by atoms with Gasteiger partial charge in [-0.2, -0.15) is 0 Å². The van der Waals surface area contributed by atoms with Crippen molar-refractivity contribution in [3.63, 3.8) is 0 Å². The van der Waals surface area contributed by atoms with Crippen LogP contribution < -0.4 is 9.62 Å². The van der Waals surface area contributed by atoms with Crippen LogP contribution in [0.2, 0.25) is 5.02 Å². The number of carbonyl (C=O) groups is 2. The zero-order valence-corrected chi connectivity index (χ0v) is 24.0. The Kier molecular flexibility index (Phi) is 9.74. The van der Waals surface area contributed by atoms with Gasteiger partial charge in [0.05, 0.1) is 17.0 Å². The van der Waals surface area contributed by atoms with E-state index < -0.39 is 39.9 Å². The molecular weight excluding hydrogens is 541 g/mol. The Morgan fingerprint density at radius 2 is 1.51 bits per heavy atom. The third-order valence-corrected chi connectivity index (χ3v) is 7.27. The van der Waals surface area contributed by atoms with E-state index in [1.807, 2.05) is 81.4 Å². The number of nitrogens with zero attached hydrogens (tertiary/aromatic N) is 2. The van der Waals surface area contributed by atoms with Gasteiger partial charge < -0.3 is 10.2 Å². The zero-order valence-electron chi connectivity index (χ0n) is 22.4. The van der Waals surface area contributed by atoms with Crippen molar-refractivity contribution in [2.24, 2.45) is 0 Å². The van der Waals surface area contributed by atoms with Gasteiger partial charge in [-0.3, -0.25) is 13.9 Å². The van der Waals surface area contributed by atoms with Gasteiger partial charge in [-0.1, -0.05) is 72.3 Å². The number of sulfonamides is 1. The lowest BCUT2D eigenvalue weighted by Gasteiger charge is -2.35. The quantitative estimate of drug-likeness (QED) is 0.377. The average Bonchev–Trinajstić information content (AvgIpc) is 2.86. The summed E-state index contributed by atoms with van der Waals surface area (Å²) in [6.45, 7) is 4.99. The number of carbonyl (C=O) groups excluding carboxylic acids is 2. The summed E-state index contributed by atoms with van der Waals surface area (Å²) < 4.78 is 40.2. The molecule has 3 aromatic carbocycles. The number of benzene rings is 3. The summed E-state index contributed by atoms with van der Waals surface area (Å²) in [5.41, 5.74) is 1.07. The van der Waals surface area contributed by atoms with E-state index in [-0.39, 0.29) is 29.6 Å². The topological polar surface area (TPSA) is 86.8 Å². The summed E-state index contributed by atoms with van der Waals surface area (Å²) in [6, 6.07) is 20.9. The number of hydrogen-bond donors (Lipinski definition) is 1. The van der Waals surface area contributed by atoms with Gasteiger partial charge in [0.25, 0.3) is 0 Å². The molecule has 0 radical (unpaired) electrons. The maximum absolute atomic E-state index is 14.0. The van der Waals surface area contributed by atoms with Gasteiger partial charge in [0, 0.05) is 18.5 Å². The number of nitrogens with one attached hydrogen (secondary N) is 1. The van der Waals surface area contributed by atoms with E-state index in [0.29, 0.717) is 0 Å². The molecule has 3 rings (SSSR count). The summed E-state index contributed by atoms with van der Waals surface area (Å²) in [5.74, 6) is -1.69. The second kappa shape index (κ2) is 12.6. The van der Waals surface area contributed by atoms with Crippen molar-refractivity contribution in [2.45, 2.75) is 45.3 Å². The number of anilines is 1. The first-order chi connectivity index (χ1) is 18.2. The molecule has 1 N–H and O–H groups in total. The summed E-state index contributed by atoms with van der Waals surface area (Å²) in [4.78, 5) is 29.0. The molecule has 0 bridgehead atoms. The van der Waals surface area contributed by atoms with Crippen LogP contribution in [0.4, 0.5) is 10.1 Å². The molecule has 1 atom stereocenters. The summed E-state index contributed by atoms with van der Waals surface area (Å²) in [5, 5.41) is 2.69. The summed E-state index contributed by atoms with van der Waals surface area (Å²) in [7, 11) is -3.98. The van der Waals surface area contributed by atoms with Crippen molar-refractivity contribution >= 4 is 39.1 Å². The van der Waals surface area contributed by atoms with Gasteiger partial charge in [0.15, 0.2) is 0 Å². The minimum atomic E-state index is -3.98. The van der Waals surface area contributed by atoms with E-state index >= 15 is 0 Å². The second-order valence-corrected chi connectivity index (χ2v) is 12.6. The monoisotopic (exact) mass is 573 g/mol. The molecule has 208 valence electrons.